The minimum Gasteiger partial charge on any atom is -0.350 e. The smallest absolute Gasteiger partial charge is 0.243 e. The van der Waals surface area contributed by atoms with Crippen molar-refractivity contribution in [2.24, 2.45) is 5.92 Å². The molecule has 0 radical (unpaired) electrons. The van der Waals surface area contributed by atoms with Crippen molar-refractivity contribution in [2.45, 2.75) is 89.1 Å². The molecule has 0 spiro atoms. The summed E-state index contributed by atoms with van der Waals surface area (Å²) in [6.07, 6.45) is 8.22. The lowest BCUT2D eigenvalue weighted by molar-refractivity contribution is -0.140. The largest absolute Gasteiger partial charge is 0.350 e. The number of thiazole rings is 1. The van der Waals surface area contributed by atoms with Gasteiger partial charge < -0.3 is 15.5 Å². The summed E-state index contributed by atoms with van der Waals surface area (Å²) < 4.78 is -0.245. The van der Waals surface area contributed by atoms with E-state index in [2.05, 4.69) is 53.7 Å². The number of carbonyl (C=O) groups excluding carboxylic acids is 2. The Morgan fingerprint density at radius 1 is 1.14 bits per heavy atom. The third-order valence-electron chi connectivity index (χ3n) is 7.91. The molecule has 1 saturated carbocycles. The van der Waals surface area contributed by atoms with Crippen molar-refractivity contribution in [2.75, 3.05) is 19.3 Å². The van der Waals surface area contributed by atoms with Gasteiger partial charge in [0, 0.05) is 17.8 Å². The molecular formula is C29H42N4O2S2. The summed E-state index contributed by atoms with van der Waals surface area (Å²) in [6, 6.07) is 7.54. The van der Waals surface area contributed by atoms with Gasteiger partial charge in [0.1, 0.15) is 12.1 Å². The molecule has 0 bridgehead atoms. The molecular weight excluding hydrogens is 500 g/mol. The Labute approximate surface area is 230 Å². The molecule has 4 rings (SSSR count). The fourth-order valence-corrected chi connectivity index (χ4v) is 7.86. The van der Waals surface area contributed by atoms with Crippen molar-refractivity contribution in [3.63, 3.8) is 0 Å². The lowest BCUT2D eigenvalue weighted by Crippen LogP contribution is -2.57. The Kier molecular flexibility index (Phi) is 9.70. The number of hydrogen-bond donors (Lipinski definition) is 2. The molecule has 37 heavy (non-hydrogen) atoms. The first-order valence-corrected chi connectivity index (χ1v) is 15.6. The molecule has 6 nitrogen and oxygen atoms in total. The minimum absolute atomic E-state index is 0.0468. The first kappa shape index (κ1) is 28.1. The number of hydrogen-bond acceptors (Lipinski definition) is 6. The van der Waals surface area contributed by atoms with Crippen LogP contribution in [-0.4, -0.2) is 57.9 Å². The number of carbonyl (C=O) groups is 2. The van der Waals surface area contributed by atoms with Gasteiger partial charge in [-0.25, -0.2) is 4.98 Å². The molecule has 2 fully saturated rings. The van der Waals surface area contributed by atoms with Crippen LogP contribution in [0.3, 0.4) is 0 Å². The summed E-state index contributed by atoms with van der Waals surface area (Å²) in [7, 11) is 1.87. The lowest BCUT2D eigenvalue weighted by atomic mass is 9.91. The summed E-state index contributed by atoms with van der Waals surface area (Å²) in [5, 5.41) is 6.38. The van der Waals surface area contributed by atoms with Crippen molar-refractivity contribution in [3.8, 4) is 10.4 Å². The van der Waals surface area contributed by atoms with Crippen LogP contribution < -0.4 is 10.6 Å². The summed E-state index contributed by atoms with van der Waals surface area (Å²) in [4.78, 5) is 34.2. The predicted molar refractivity (Wildman–Crippen MR) is 155 cm³/mol. The molecule has 2 N–H and O–H groups in total. The summed E-state index contributed by atoms with van der Waals surface area (Å²) in [6.45, 7) is 7.45. The van der Waals surface area contributed by atoms with Crippen LogP contribution in [0.1, 0.15) is 70.1 Å². The van der Waals surface area contributed by atoms with Gasteiger partial charge in [0.05, 0.1) is 16.1 Å². The average molecular weight is 543 g/mol. The topological polar surface area (TPSA) is 74.3 Å². The highest BCUT2D eigenvalue weighted by atomic mass is 32.2. The highest BCUT2D eigenvalue weighted by Gasteiger charge is 2.42. The standard InChI is InChI=1S/C29H42N4O2S2/c1-20-25(36-19-32-20)23-14-12-21(13-15-23)17-31-27(34)24-11-8-16-33(24)28(35)26(30-4)29(2,3)37-18-22-9-6-5-7-10-22/h12-15,19,22,24,26,30H,5-11,16-18H2,1-4H3,(H,31,34). The molecule has 1 aromatic carbocycles. The molecule has 2 atom stereocenters. The van der Waals surface area contributed by atoms with Gasteiger partial charge in [-0.1, -0.05) is 43.5 Å². The van der Waals surface area contributed by atoms with Gasteiger partial charge in [0.15, 0.2) is 0 Å². The number of aromatic nitrogens is 1. The van der Waals surface area contributed by atoms with Gasteiger partial charge in [-0.05, 0) is 76.3 Å². The van der Waals surface area contributed by atoms with Crippen molar-refractivity contribution >= 4 is 34.9 Å². The molecule has 1 saturated heterocycles. The number of aryl methyl sites for hydroxylation is 1. The van der Waals surface area contributed by atoms with E-state index in [1.54, 1.807) is 11.3 Å². The number of likely N-dealkylation sites (N-methyl/N-ethyl adjacent to an activating group) is 1. The normalized spacial score (nSPS) is 19.7. The first-order valence-electron chi connectivity index (χ1n) is 13.7. The zero-order valence-electron chi connectivity index (χ0n) is 22.7. The van der Waals surface area contributed by atoms with Crippen molar-refractivity contribution in [1.82, 2.24) is 20.5 Å². The Morgan fingerprint density at radius 3 is 2.51 bits per heavy atom. The summed E-state index contributed by atoms with van der Waals surface area (Å²) in [5.41, 5.74) is 5.09. The van der Waals surface area contributed by atoms with E-state index >= 15 is 0 Å². The van der Waals surface area contributed by atoms with E-state index in [9.17, 15) is 9.59 Å². The summed E-state index contributed by atoms with van der Waals surface area (Å²) in [5.74, 6) is 1.85. The van der Waals surface area contributed by atoms with Crippen LogP contribution in [-0.2, 0) is 16.1 Å². The van der Waals surface area contributed by atoms with Gasteiger partial charge in [-0.15, -0.1) is 11.3 Å². The van der Waals surface area contributed by atoms with Crippen LogP contribution in [0.5, 0.6) is 0 Å². The maximum atomic E-state index is 13.7. The Hall–Kier alpha value is -1.90. The number of thioether (sulfide) groups is 1. The van der Waals surface area contributed by atoms with Gasteiger partial charge in [0.25, 0.3) is 0 Å². The number of amides is 2. The van der Waals surface area contributed by atoms with Crippen LogP contribution in [0.15, 0.2) is 29.8 Å². The molecule has 1 aliphatic carbocycles. The zero-order valence-corrected chi connectivity index (χ0v) is 24.4. The predicted octanol–water partition coefficient (Wildman–Crippen LogP) is 5.41. The van der Waals surface area contributed by atoms with Crippen LogP contribution in [0.2, 0.25) is 0 Å². The third kappa shape index (κ3) is 6.95. The third-order valence-corrected chi connectivity index (χ3v) is 10.5. The number of nitrogens with one attached hydrogen (secondary N) is 2. The molecule has 2 heterocycles. The van der Waals surface area contributed by atoms with E-state index < -0.39 is 6.04 Å². The van der Waals surface area contributed by atoms with Crippen LogP contribution in [0, 0.1) is 12.8 Å². The molecule has 8 heteroatoms. The second-order valence-electron chi connectivity index (χ2n) is 11.0. The maximum Gasteiger partial charge on any atom is 0.243 e. The van der Waals surface area contributed by atoms with Crippen molar-refractivity contribution < 1.29 is 9.59 Å². The fraction of sp³-hybridized carbons (Fsp3) is 0.621. The van der Waals surface area contributed by atoms with E-state index in [0.717, 1.165) is 34.9 Å². The van der Waals surface area contributed by atoms with E-state index in [-0.39, 0.29) is 22.6 Å². The highest BCUT2D eigenvalue weighted by molar-refractivity contribution is 8.00. The number of nitrogens with zero attached hydrogens (tertiary/aromatic N) is 2. The fourth-order valence-electron chi connectivity index (χ4n) is 5.67. The number of likely N-dealkylation sites (tertiary alicyclic amines) is 1. The Bertz CT molecular complexity index is 1050. The Morgan fingerprint density at radius 2 is 1.86 bits per heavy atom. The summed E-state index contributed by atoms with van der Waals surface area (Å²) >= 11 is 3.55. The van der Waals surface area contributed by atoms with E-state index in [1.165, 1.54) is 37.0 Å². The second-order valence-corrected chi connectivity index (χ2v) is 13.5. The van der Waals surface area contributed by atoms with Gasteiger partial charge >= 0.3 is 0 Å². The molecule has 2 aliphatic rings. The van der Waals surface area contributed by atoms with Crippen molar-refractivity contribution in [3.05, 3.63) is 41.0 Å². The first-order chi connectivity index (χ1) is 17.8. The second kappa shape index (κ2) is 12.8. The zero-order chi connectivity index (χ0) is 26.4. The van der Waals surface area contributed by atoms with E-state index in [0.29, 0.717) is 19.5 Å². The van der Waals surface area contributed by atoms with Crippen LogP contribution >= 0.6 is 23.1 Å². The molecule has 2 aromatic rings. The minimum atomic E-state index is -0.401. The quantitative estimate of drug-likeness (QED) is 0.420. The molecule has 2 amide bonds. The molecule has 1 aromatic heterocycles. The van der Waals surface area contributed by atoms with Crippen molar-refractivity contribution in [1.29, 1.82) is 0 Å². The lowest BCUT2D eigenvalue weighted by Gasteiger charge is -2.37. The SMILES string of the molecule is CNC(C(=O)N1CCCC1C(=O)NCc1ccc(-c2scnc2C)cc1)C(C)(C)SCC1CCCCC1. The van der Waals surface area contributed by atoms with Crippen LogP contribution in [0.25, 0.3) is 10.4 Å². The van der Waals surface area contributed by atoms with Gasteiger partial charge in [-0.2, -0.15) is 11.8 Å². The molecule has 1 aliphatic heterocycles. The monoisotopic (exact) mass is 542 g/mol. The Balaban J connectivity index is 1.33. The molecule has 2 unspecified atom stereocenters. The van der Waals surface area contributed by atoms with E-state index in [4.69, 9.17) is 0 Å². The average Bonchev–Trinajstić information content (AvgIpc) is 3.57. The van der Waals surface area contributed by atoms with Gasteiger partial charge in [0.2, 0.25) is 11.8 Å². The van der Waals surface area contributed by atoms with E-state index in [1.807, 2.05) is 36.1 Å². The van der Waals surface area contributed by atoms with Gasteiger partial charge in [-0.3, -0.25) is 9.59 Å². The number of rotatable bonds is 10. The maximum absolute atomic E-state index is 13.7. The number of benzene rings is 1. The highest BCUT2D eigenvalue weighted by Crippen LogP contribution is 2.36. The molecule has 202 valence electrons. The van der Waals surface area contributed by atoms with Crippen LogP contribution in [0.4, 0.5) is 0 Å².